The Morgan fingerprint density at radius 2 is 1.48 bits per heavy atom. The summed E-state index contributed by atoms with van der Waals surface area (Å²) in [6.45, 7) is 6.59. The van der Waals surface area contributed by atoms with E-state index in [4.69, 9.17) is 0 Å². The maximum atomic E-state index is 12.7. The van der Waals surface area contributed by atoms with E-state index in [0.29, 0.717) is 35.1 Å². The Morgan fingerprint density at radius 1 is 1.00 bits per heavy atom. The third-order valence-electron chi connectivity index (χ3n) is 4.86. The van der Waals surface area contributed by atoms with Gasteiger partial charge >= 0.3 is 29.6 Å². The van der Waals surface area contributed by atoms with E-state index in [0.717, 1.165) is 0 Å². The maximum Gasteiger partial charge on any atom is 1.00 e. The van der Waals surface area contributed by atoms with Crippen molar-refractivity contribution in [3.05, 3.63) is 14.9 Å². The molecule has 3 unspecified atom stereocenters. The summed E-state index contributed by atoms with van der Waals surface area (Å²) in [5.74, 6) is -2.38. The van der Waals surface area contributed by atoms with Crippen LogP contribution in [0.3, 0.4) is 0 Å². The molecule has 0 aromatic rings. The number of aliphatic carboxylic acids is 1. The molecule has 0 saturated carbocycles. The fraction of sp³-hybridized carbons (Fsp3) is 0.818. The van der Waals surface area contributed by atoms with Crippen LogP contribution in [-0.4, -0.2) is 98.3 Å². The summed E-state index contributed by atoms with van der Waals surface area (Å²) in [5.41, 5.74) is -0.918. The zero-order valence-corrected chi connectivity index (χ0v) is 24.0. The molecule has 0 spiro atoms. The van der Waals surface area contributed by atoms with Crippen LogP contribution in [0.1, 0.15) is 40.0 Å². The Labute approximate surface area is 213 Å². The molecule has 0 fully saturated rings. The predicted octanol–water partition coefficient (Wildman–Crippen LogP) is -2.95. The number of carboxylic acid groups (broad SMARTS) is 1. The molecular weight excluding hydrogens is 409 g/mol. The average Bonchev–Trinajstić information content (AvgIpc) is 2.48. The van der Waals surface area contributed by atoms with E-state index in [1.165, 1.54) is 0 Å². The normalized spacial score (nSPS) is 14.8. The van der Waals surface area contributed by atoms with Gasteiger partial charge in [0.2, 0.25) is 5.91 Å². The van der Waals surface area contributed by atoms with Gasteiger partial charge in [-0.05, 0) is 19.3 Å². The van der Waals surface area contributed by atoms with Gasteiger partial charge in [-0.2, -0.15) is 0 Å². The number of rotatable bonds is 13. The number of hydrogen-bond acceptors (Lipinski definition) is 5. The number of hydrogen-bond donors (Lipinski definition) is 3. The quantitative estimate of drug-likeness (QED) is 0.119. The number of nitrogens with one attached hydrogen (secondary N) is 1. The number of amides is 1. The van der Waals surface area contributed by atoms with Crippen molar-refractivity contribution in [2.24, 2.45) is 11.3 Å². The summed E-state index contributed by atoms with van der Waals surface area (Å²) in [5, 5.41) is 34.4. The first kappa shape index (κ1) is 38.1. The van der Waals surface area contributed by atoms with Crippen molar-refractivity contribution in [1.82, 2.24) is 5.32 Å². The topological polar surface area (TPSA) is 110 Å². The number of quaternary nitrogens is 2. The molecule has 0 bridgehead atoms. The number of carbonyl (C=O) groups excluding carboxylic acids is 2. The first-order valence-corrected chi connectivity index (χ1v) is 9.97. The van der Waals surface area contributed by atoms with Crippen LogP contribution in [0, 0.1) is 26.2 Å². The minimum Gasteiger partial charge on any atom is -0.550 e. The maximum absolute atomic E-state index is 12.7. The summed E-state index contributed by atoms with van der Waals surface area (Å²) in [6, 6.07) is 0. The fourth-order valence-corrected chi connectivity index (χ4v) is 3.32. The number of nitrogens with zero attached hydrogens (tertiary/aromatic N) is 2. The number of carbonyl (C=O) groups is 2. The molecule has 8 nitrogen and oxygen atoms in total. The SMILES string of the molecule is CCC(O)CC(CC(C)(C)C(=O)NC[N+](C)(C)CC(O)C[N+](C)(C)C)C(=O)[O-].[CH3-].[CH3-].[Na+]. The summed E-state index contributed by atoms with van der Waals surface area (Å²) in [7, 11) is 9.88. The van der Waals surface area contributed by atoms with Gasteiger partial charge in [-0.3, -0.25) is 4.79 Å². The smallest absolute Gasteiger partial charge is 0.550 e. The van der Waals surface area contributed by atoms with Crippen LogP contribution in [0.4, 0.5) is 0 Å². The zero-order chi connectivity index (χ0) is 22.3. The first-order chi connectivity index (χ1) is 12.5. The van der Waals surface area contributed by atoms with Gasteiger partial charge in [-0.25, -0.2) is 0 Å². The van der Waals surface area contributed by atoms with Crippen molar-refractivity contribution >= 4 is 11.9 Å². The Hall–Kier alpha value is -0.220. The van der Waals surface area contributed by atoms with Crippen molar-refractivity contribution in [3.8, 4) is 0 Å². The van der Waals surface area contributed by atoms with Gasteiger partial charge in [0.05, 0.1) is 41.3 Å². The second kappa shape index (κ2) is 15.6. The van der Waals surface area contributed by atoms with E-state index >= 15 is 0 Å². The van der Waals surface area contributed by atoms with Crippen LogP contribution >= 0.6 is 0 Å². The van der Waals surface area contributed by atoms with Gasteiger partial charge in [-0.15, -0.1) is 0 Å². The summed E-state index contributed by atoms with van der Waals surface area (Å²) in [4.78, 5) is 24.1. The van der Waals surface area contributed by atoms with Gasteiger partial charge in [-0.1, -0.05) is 20.8 Å². The molecule has 0 radical (unpaired) electrons. The third-order valence-corrected chi connectivity index (χ3v) is 4.86. The Morgan fingerprint density at radius 3 is 1.87 bits per heavy atom. The van der Waals surface area contributed by atoms with Crippen molar-refractivity contribution < 1.29 is 63.4 Å². The van der Waals surface area contributed by atoms with Crippen LogP contribution in [0.25, 0.3) is 0 Å². The van der Waals surface area contributed by atoms with Gasteiger partial charge in [0.15, 0.2) is 12.8 Å². The largest absolute Gasteiger partial charge is 1.00 e. The van der Waals surface area contributed by atoms with E-state index in [9.17, 15) is 24.9 Å². The van der Waals surface area contributed by atoms with E-state index in [2.05, 4.69) is 5.32 Å². The molecule has 3 atom stereocenters. The molecule has 1 amide bonds. The molecular formula is C22H48N3NaO5. The van der Waals surface area contributed by atoms with Crippen molar-refractivity contribution in [2.45, 2.75) is 52.2 Å². The van der Waals surface area contributed by atoms with Crippen molar-refractivity contribution in [2.75, 3.05) is 55.0 Å². The molecule has 0 aliphatic rings. The van der Waals surface area contributed by atoms with E-state index in [1.807, 2.05) is 35.2 Å². The second-order valence-electron chi connectivity index (χ2n) is 10.3. The Bertz CT molecular complexity index is 522. The molecule has 0 aliphatic heterocycles. The van der Waals surface area contributed by atoms with E-state index < -0.39 is 29.5 Å². The molecule has 0 saturated heterocycles. The van der Waals surface area contributed by atoms with Crippen LogP contribution in [-0.2, 0) is 9.59 Å². The molecule has 31 heavy (non-hydrogen) atoms. The molecule has 0 heterocycles. The second-order valence-corrected chi connectivity index (χ2v) is 10.3. The number of aliphatic hydroxyl groups excluding tert-OH is 2. The van der Waals surface area contributed by atoms with Gasteiger partial charge in [0, 0.05) is 17.3 Å². The van der Waals surface area contributed by atoms with Crippen molar-refractivity contribution in [3.63, 3.8) is 0 Å². The average molecular weight is 458 g/mol. The Kier molecular flexibility index (Phi) is 19.1. The molecule has 0 aromatic heterocycles. The zero-order valence-electron chi connectivity index (χ0n) is 22.0. The molecule has 182 valence electrons. The molecule has 0 rings (SSSR count). The summed E-state index contributed by atoms with van der Waals surface area (Å²) < 4.78 is 1.05. The van der Waals surface area contributed by atoms with Gasteiger partial charge in [0.25, 0.3) is 0 Å². The van der Waals surface area contributed by atoms with E-state index in [1.54, 1.807) is 20.8 Å². The van der Waals surface area contributed by atoms with E-state index in [-0.39, 0.29) is 63.2 Å². The fourth-order valence-electron chi connectivity index (χ4n) is 3.32. The number of aliphatic hydroxyl groups is 2. The van der Waals surface area contributed by atoms with Crippen LogP contribution < -0.4 is 40.0 Å². The predicted molar refractivity (Wildman–Crippen MR) is 120 cm³/mol. The Balaban J connectivity index is -0.00000121. The third kappa shape index (κ3) is 17.0. The van der Waals surface area contributed by atoms with Gasteiger partial charge in [0.1, 0.15) is 13.1 Å². The molecule has 0 aromatic carbocycles. The molecule has 3 N–H and O–H groups in total. The first-order valence-electron chi connectivity index (χ1n) is 9.97. The van der Waals surface area contributed by atoms with Crippen LogP contribution in [0.15, 0.2) is 0 Å². The van der Waals surface area contributed by atoms with Gasteiger partial charge < -0.3 is 49.3 Å². The standard InChI is InChI=1S/C20H41N3O5.2CH3.Na/c1-9-16(24)10-15(18(26)27)11-20(2,3)19(28)21-14-23(7,8)13-17(25)12-22(4,5)6;;;/h15-17,24-25H,9-14H2,1-8H3;2*1H3;/q;2*-1;+1/p+1. The number of carboxylic acids is 1. The number of likely N-dealkylation sites (N-methyl/N-ethyl adjacent to an activating group) is 2. The molecule has 9 heteroatoms. The minimum atomic E-state index is -1.24. The molecule has 0 aliphatic carbocycles. The minimum absolute atomic E-state index is 0. The summed E-state index contributed by atoms with van der Waals surface area (Å²) in [6.07, 6.45) is -0.597. The van der Waals surface area contributed by atoms with Crippen LogP contribution in [0.2, 0.25) is 0 Å². The summed E-state index contributed by atoms with van der Waals surface area (Å²) >= 11 is 0. The van der Waals surface area contributed by atoms with Crippen LogP contribution in [0.5, 0.6) is 0 Å². The monoisotopic (exact) mass is 457 g/mol. The van der Waals surface area contributed by atoms with Crippen molar-refractivity contribution in [1.29, 1.82) is 0 Å².